The minimum atomic E-state index is -0.177. The zero-order chi connectivity index (χ0) is 13.0. The van der Waals surface area contributed by atoms with E-state index < -0.39 is 0 Å². The van der Waals surface area contributed by atoms with E-state index in [2.05, 4.69) is 15.3 Å². The van der Waals surface area contributed by atoms with Crippen molar-refractivity contribution in [2.45, 2.75) is 20.4 Å². The van der Waals surface area contributed by atoms with Crippen LogP contribution in [0.15, 0.2) is 36.5 Å². The Labute approximate surface area is 106 Å². The summed E-state index contributed by atoms with van der Waals surface area (Å²) in [4.78, 5) is 19.9. The zero-order valence-electron chi connectivity index (χ0n) is 10.5. The second kappa shape index (κ2) is 5.40. The monoisotopic (exact) mass is 241 g/mol. The maximum Gasteiger partial charge on any atom is 0.270 e. The Morgan fingerprint density at radius 2 is 2.00 bits per heavy atom. The Hall–Kier alpha value is -2.23. The van der Waals surface area contributed by atoms with E-state index in [1.807, 2.05) is 31.2 Å². The Morgan fingerprint density at radius 1 is 1.22 bits per heavy atom. The summed E-state index contributed by atoms with van der Waals surface area (Å²) in [6.45, 7) is 4.29. The van der Waals surface area contributed by atoms with Gasteiger partial charge in [-0.25, -0.2) is 9.97 Å². The highest BCUT2D eigenvalue weighted by atomic mass is 16.1. The van der Waals surface area contributed by atoms with E-state index in [0.29, 0.717) is 18.1 Å². The van der Waals surface area contributed by atoms with Crippen molar-refractivity contribution in [1.29, 1.82) is 0 Å². The lowest BCUT2D eigenvalue weighted by Gasteiger charge is -2.07. The second-order valence-corrected chi connectivity index (χ2v) is 4.10. The van der Waals surface area contributed by atoms with Gasteiger partial charge in [0.15, 0.2) is 0 Å². The third-order valence-electron chi connectivity index (χ3n) is 2.71. The van der Waals surface area contributed by atoms with E-state index in [4.69, 9.17) is 0 Å². The third-order valence-corrected chi connectivity index (χ3v) is 2.71. The molecule has 0 saturated carbocycles. The molecule has 4 heteroatoms. The largest absolute Gasteiger partial charge is 0.347 e. The molecular formula is C14H15N3O. The first-order valence-electron chi connectivity index (χ1n) is 5.79. The summed E-state index contributed by atoms with van der Waals surface area (Å²) >= 11 is 0. The number of aromatic nitrogens is 2. The number of carbonyl (C=O) groups is 1. The first kappa shape index (κ1) is 12.2. The van der Waals surface area contributed by atoms with E-state index in [0.717, 1.165) is 11.1 Å². The summed E-state index contributed by atoms with van der Waals surface area (Å²) in [5, 5.41) is 2.85. The van der Waals surface area contributed by atoms with Gasteiger partial charge in [-0.15, -0.1) is 0 Å². The molecule has 0 bridgehead atoms. The summed E-state index contributed by atoms with van der Waals surface area (Å²) in [5.41, 5.74) is 2.67. The minimum Gasteiger partial charge on any atom is -0.347 e. The van der Waals surface area contributed by atoms with E-state index in [-0.39, 0.29) is 5.91 Å². The highest BCUT2D eigenvalue weighted by Crippen LogP contribution is 2.06. The molecule has 0 aliphatic carbocycles. The molecule has 1 amide bonds. The summed E-state index contributed by atoms with van der Waals surface area (Å²) < 4.78 is 0. The molecule has 0 unspecified atom stereocenters. The number of nitrogens with one attached hydrogen (secondary N) is 1. The first-order valence-corrected chi connectivity index (χ1v) is 5.79. The van der Waals surface area contributed by atoms with Crippen molar-refractivity contribution in [3.8, 4) is 0 Å². The average Bonchev–Trinajstić information content (AvgIpc) is 2.37. The highest BCUT2D eigenvalue weighted by Gasteiger charge is 2.07. The van der Waals surface area contributed by atoms with Gasteiger partial charge in [-0.1, -0.05) is 24.3 Å². The molecular weight excluding hydrogens is 226 g/mol. The number of hydrogen-bond acceptors (Lipinski definition) is 3. The lowest BCUT2D eigenvalue weighted by Crippen LogP contribution is -2.24. The number of aryl methyl sites for hydroxylation is 2. The van der Waals surface area contributed by atoms with Crippen molar-refractivity contribution < 1.29 is 4.79 Å². The average molecular weight is 241 g/mol. The predicted octanol–water partition coefficient (Wildman–Crippen LogP) is 2.02. The fraction of sp³-hybridized carbons (Fsp3) is 0.214. The van der Waals surface area contributed by atoms with E-state index >= 15 is 0 Å². The molecule has 1 aromatic carbocycles. The van der Waals surface area contributed by atoms with Crippen LogP contribution in [0.3, 0.4) is 0 Å². The van der Waals surface area contributed by atoms with Crippen LogP contribution in [0.1, 0.15) is 27.4 Å². The third kappa shape index (κ3) is 2.91. The Morgan fingerprint density at radius 3 is 2.72 bits per heavy atom. The molecule has 2 aromatic rings. The van der Waals surface area contributed by atoms with Crippen LogP contribution in [0.25, 0.3) is 0 Å². The molecule has 0 spiro atoms. The minimum absolute atomic E-state index is 0.177. The molecule has 1 heterocycles. The number of carbonyl (C=O) groups excluding carboxylic acids is 1. The van der Waals surface area contributed by atoms with Crippen molar-refractivity contribution in [1.82, 2.24) is 15.3 Å². The molecule has 4 nitrogen and oxygen atoms in total. The van der Waals surface area contributed by atoms with Crippen LogP contribution in [-0.2, 0) is 6.54 Å². The molecule has 0 atom stereocenters. The van der Waals surface area contributed by atoms with E-state index in [1.54, 1.807) is 19.2 Å². The van der Waals surface area contributed by atoms with Gasteiger partial charge in [-0.2, -0.15) is 0 Å². The summed E-state index contributed by atoms with van der Waals surface area (Å²) in [7, 11) is 0. The van der Waals surface area contributed by atoms with Crippen LogP contribution in [0.4, 0.5) is 0 Å². The molecule has 1 aromatic heterocycles. The highest BCUT2D eigenvalue weighted by molar-refractivity contribution is 5.92. The number of benzene rings is 1. The van der Waals surface area contributed by atoms with Gasteiger partial charge in [0.05, 0.1) is 0 Å². The maximum absolute atomic E-state index is 11.9. The first-order chi connectivity index (χ1) is 8.66. The number of hydrogen-bond donors (Lipinski definition) is 1. The summed E-state index contributed by atoms with van der Waals surface area (Å²) in [6, 6.07) is 9.58. The van der Waals surface area contributed by atoms with Crippen molar-refractivity contribution >= 4 is 5.91 Å². The Bertz CT molecular complexity index is 566. The van der Waals surface area contributed by atoms with Crippen molar-refractivity contribution in [3.05, 3.63) is 59.2 Å². The van der Waals surface area contributed by atoms with Crippen LogP contribution < -0.4 is 5.32 Å². The van der Waals surface area contributed by atoms with Crippen LogP contribution in [-0.4, -0.2) is 15.9 Å². The standard InChI is InChI=1S/C14H15N3O/c1-10-5-3-4-6-12(10)9-16-14(18)13-7-8-15-11(2)17-13/h3-8H,9H2,1-2H3,(H,16,18). The number of nitrogens with zero attached hydrogens (tertiary/aromatic N) is 2. The van der Waals surface area contributed by atoms with Crippen LogP contribution in [0.2, 0.25) is 0 Å². The van der Waals surface area contributed by atoms with Gasteiger partial charge in [0, 0.05) is 12.7 Å². The SMILES string of the molecule is Cc1nccc(C(=O)NCc2ccccc2C)n1. The van der Waals surface area contributed by atoms with Gasteiger partial charge < -0.3 is 5.32 Å². The molecule has 92 valence electrons. The van der Waals surface area contributed by atoms with Gasteiger partial charge >= 0.3 is 0 Å². The van der Waals surface area contributed by atoms with Crippen molar-refractivity contribution in [2.24, 2.45) is 0 Å². The van der Waals surface area contributed by atoms with Gasteiger partial charge in [0.1, 0.15) is 11.5 Å². The zero-order valence-corrected chi connectivity index (χ0v) is 10.5. The summed E-state index contributed by atoms with van der Waals surface area (Å²) in [5.74, 6) is 0.419. The lowest BCUT2D eigenvalue weighted by molar-refractivity contribution is 0.0945. The topological polar surface area (TPSA) is 54.9 Å². The maximum atomic E-state index is 11.9. The fourth-order valence-corrected chi connectivity index (χ4v) is 1.66. The quantitative estimate of drug-likeness (QED) is 0.894. The van der Waals surface area contributed by atoms with Gasteiger partial charge in [-0.3, -0.25) is 4.79 Å². The molecule has 1 N–H and O–H groups in total. The van der Waals surface area contributed by atoms with Gasteiger partial charge in [0.2, 0.25) is 0 Å². The lowest BCUT2D eigenvalue weighted by atomic mass is 10.1. The van der Waals surface area contributed by atoms with Gasteiger partial charge in [-0.05, 0) is 31.0 Å². The second-order valence-electron chi connectivity index (χ2n) is 4.10. The molecule has 0 fully saturated rings. The smallest absolute Gasteiger partial charge is 0.270 e. The Kier molecular flexibility index (Phi) is 3.67. The van der Waals surface area contributed by atoms with Crippen LogP contribution >= 0.6 is 0 Å². The molecule has 0 aliphatic rings. The van der Waals surface area contributed by atoms with Crippen molar-refractivity contribution in [2.75, 3.05) is 0 Å². The predicted molar refractivity (Wildman–Crippen MR) is 69.1 cm³/mol. The van der Waals surface area contributed by atoms with E-state index in [1.165, 1.54) is 0 Å². The summed E-state index contributed by atoms with van der Waals surface area (Å²) in [6.07, 6.45) is 1.59. The molecule has 0 aliphatic heterocycles. The van der Waals surface area contributed by atoms with Crippen LogP contribution in [0.5, 0.6) is 0 Å². The van der Waals surface area contributed by atoms with E-state index in [9.17, 15) is 4.79 Å². The molecule has 0 saturated heterocycles. The fourth-order valence-electron chi connectivity index (χ4n) is 1.66. The van der Waals surface area contributed by atoms with Crippen molar-refractivity contribution in [3.63, 3.8) is 0 Å². The normalized spacial score (nSPS) is 10.1. The molecule has 0 radical (unpaired) electrons. The molecule has 2 rings (SSSR count). The van der Waals surface area contributed by atoms with Crippen LogP contribution in [0, 0.1) is 13.8 Å². The van der Waals surface area contributed by atoms with Gasteiger partial charge in [0.25, 0.3) is 5.91 Å². The number of rotatable bonds is 3. The number of amides is 1. The Balaban J connectivity index is 2.03. The molecule has 18 heavy (non-hydrogen) atoms.